The van der Waals surface area contributed by atoms with Gasteiger partial charge in [-0.25, -0.2) is 0 Å². The fourth-order valence-electron chi connectivity index (χ4n) is 4.60. The maximum absolute atomic E-state index is 12.8. The Kier molecular flexibility index (Phi) is 3.96. The Balaban J connectivity index is 1.44. The first-order valence-electron chi connectivity index (χ1n) is 8.89. The second-order valence-electron chi connectivity index (χ2n) is 7.01. The van der Waals surface area contributed by atoms with Crippen molar-refractivity contribution in [2.24, 2.45) is 5.41 Å². The standard InChI is InChI=1S/C19H25N3O2/c1-24-15-5-2-4-14-17(15)13(12-22-14)7-10-21-18(23)19-8-3-6-16(19)20-11-9-19/h2,4-5,12,16,20,22H,3,6-11H2,1H3,(H,21,23)/t16-,19+/m1/s1. The van der Waals surface area contributed by atoms with Crippen LogP contribution in [0.3, 0.4) is 0 Å². The molecule has 1 aromatic carbocycles. The second kappa shape index (κ2) is 6.13. The highest BCUT2D eigenvalue weighted by molar-refractivity contribution is 5.89. The van der Waals surface area contributed by atoms with Gasteiger partial charge in [0.25, 0.3) is 0 Å². The maximum atomic E-state index is 12.8. The molecule has 2 atom stereocenters. The zero-order chi connectivity index (χ0) is 16.6. The Morgan fingerprint density at radius 3 is 3.21 bits per heavy atom. The number of methoxy groups -OCH3 is 1. The fraction of sp³-hybridized carbons (Fsp3) is 0.526. The molecule has 5 nitrogen and oxygen atoms in total. The summed E-state index contributed by atoms with van der Waals surface area (Å²) in [6.45, 7) is 1.63. The van der Waals surface area contributed by atoms with Gasteiger partial charge in [0.1, 0.15) is 5.75 Å². The molecule has 0 bridgehead atoms. The minimum absolute atomic E-state index is 0.155. The lowest BCUT2D eigenvalue weighted by atomic mass is 9.81. The molecule has 2 fully saturated rings. The van der Waals surface area contributed by atoms with Gasteiger partial charge in [-0.15, -0.1) is 0 Å². The number of nitrogens with one attached hydrogen (secondary N) is 3. The summed E-state index contributed by atoms with van der Waals surface area (Å²) in [5.74, 6) is 1.12. The summed E-state index contributed by atoms with van der Waals surface area (Å²) in [6.07, 6.45) is 7.12. The summed E-state index contributed by atoms with van der Waals surface area (Å²) in [7, 11) is 1.69. The molecule has 2 heterocycles. The predicted molar refractivity (Wildman–Crippen MR) is 94.3 cm³/mol. The Bertz CT molecular complexity index is 742. The van der Waals surface area contributed by atoms with E-state index in [1.54, 1.807) is 7.11 Å². The van der Waals surface area contributed by atoms with Crippen molar-refractivity contribution in [3.63, 3.8) is 0 Å². The van der Waals surface area contributed by atoms with E-state index in [0.717, 1.165) is 55.3 Å². The van der Waals surface area contributed by atoms with Gasteiger partial charge in [0.2, 0.25) is 5.91 Å². The Morgan fingerprint density at radius 2 is 2.33 bits per heavy atom. The van der Waals surface area contributed by atoms with Crippen LogP contribution in [0.5, 0.6) is 5.75 Å². The van der Waals surface area contributed by atoms with Gasteiger partial charge in [-0.05, 0) is 49.9 Å². The lowest BCUT2D eigenvalue weighted by molar-refractivity contribution is -0.130. The van der Waals surface area contributed by atoms with E-state index in [9.17, 15) is 4.79 Å². The molecular formula is C19H25N3O2. The van der Waals surface area contributed by atoms with Crippen molar-refractivity contribution in [2.45, 2.75) is 38.1 Å². The third kappa shape index (κ3) is 2.38. The van der Waals surface area contributed by atoms with Crippen molar-refractivity contribution in [3.05, 3.63) is 30.0 Å². The highest BCUT2D eigenvalue weighted by Gasteiger charge is 2.51. The first kappa shape index (κ1) is 15.5. The zero-order valence-corrected chi connectivity index (χ0v) is 14.2. The van der Waals surface area contributed by atoms with E-state index in [1.807, 2.05) is 24.4 Å². The van der Waals surface area contributed by atoms with Gasteiger partial charge in [-0.1, -0.05) is 12.5 Å². The van der Waals surface area contributed by atoms with E-state index >= 15 is 0 Å². The van der Waals surface area contributed by atoms with Gasteiger partial charge in [0, 0.05) is 29.7 Å². The predicted octanol–water partition coefficient (Wildman–Crippen LogP) is 2.37. The number of benzene rings is 1. The summed E-state index contributed by atoms with van der Waals surface area (Å²) in [5.41, 5.74) is 2.11. The second-order valence-corrected chi connectivity index (χ2v) is 7.01. The number of aromatic nitrogens is 1. The van der Waals surface area contributed by atoms with Gasteiger partial charge in [-0.3, -0.25) is 4.79 Å². The van der Waals surface area contributed by atoms with Crippen molar-refractivity contribution in [1.82, 2.24) is 15.6 Å². The van der Waals surface area contributed by atoms with Crippen LogP contribution < -0.4 is 15.4 Å². The van der Waals surface area contributed by atoms with Crippen LogP contribution in [-0.4, -0.2) is 37.1 Å². The van der Waals surface area contributed by atoms with Crippen molar-refractivity contribution in [1.29, 1.82) is 0 Å². The van der Waals surface area contributed by atoms with E-state index in [2.05, 4.69) is 15.6 Å². The van der Waals surface area contributed by atoms with E-state index in [4.69, 9.17) is 4.74 Å². The number of rotatable bonds is 5. The topological polar surface area (TPSA) is 66.1 Å². The Labute approximate surface area is 142 Å². The molecular weight excluding hydrogens is 302 g/mol. The summed E-state index contributed by atoms with van der Waals surface area (Å²) in [4.78, 5) is 16.1. The number of hydrogen-bond donors (Lipinski definition) is 3. The van der Waals surface area contributed by atoms with E-state index in [0.29, 0.717) is 12.6 Å². The van der Waals surface area contributed by atoms with Crippen molar-refractivity contribution >= 4 is 16.8 Å². The molecule has 1 aliphatic heterocycles. The quantitative estimate of drug-likeness (QED) is 0.790. The molecule has 2 aromatic rings. The van der Waals surface area contributed by atoms with Crippen LogP contribution in [0.1, 0.15) is 31.2 Å². The maximum Gasteiger partial charge on any atom is 0.227 e. The smallest absolute Gasteiger partial charge is 0.227 e. The van der Waals surface area contributed by atoms with Gasteiger partial charge < -0.3 is 20.4 Å². The van der Waals surface area contributed by atoms with Gasteiger partial charge in [-0.2, -0.15) is 0 Å². The molecule has 3 N–H and O–H groups in total. The van der Waals surface area contributed by atoms with Gasteiger partial charge >= 0.3 is 0 Å². The van der Waals surface area contributed by atoms with Gasteiger partial charge in [0.05, 0.1) is 12.5 Å². The van der Waals surface area contributed by atoms with Crippen molar-refractivity contribution in [2.75, 3.05) is 20.2 Å². The molecule has 1 aromatic heterocycles. The molecule has 0 spiro atoms. The molecule has 4 rings (SSSR count). The molecule has 1 saturated carbocycles. The minimum Gasteiger partial charge on any atom is -0.496 e. The normalized spacial score (nSPS) is 25.8. The van der Waals surface area contributed by atoms with Gasteiger partial charge in [0.15, 0.2) is 0 Å². The number of aromatic amines is 1. The number of fused-ring (bicyclic) bond motifs is 2. The van der Waals surface area contributed by atoms with E-state index in [-0.39, 0.29) is 11.3 Å². The Hall–Kier alpha value is -2.01. The van der Waals surface area contributed by atoms with E-state index < -0.39 is 0 Å². The number of ether oxygens (including phenoxy) is 1. The summed E-state index contributed by atoms with van der Waals surface area (Å²) in [5, 5.41) is 7.81. The number of carbonyl (C=O) groups is 1. The SMILES string of the molecule is COc1cccc2[nH]cc(CCNC(=O)[C@]34CCC[C@H]3NCC4)c12. The van der Waals surface area contributed by atoms with Crippen molar-refractivity contribution < 1.29 is 9.53 Å². The minimum atomic E-state index is -0.155. The fourth-order valence-corrected chi connectivity index (χ4v) is 4.60. The monoisotopic (exact) mass is 327 g/mol. The third-order valence-electron chi connectivity index (χ3n) is 5.85. The Morgan fingerprint density at radius 1 is 1.42 bits per heavy atom. The van der Waals surface area contributed by atoms with Crippen LogP contribution in [-0.2, 0) is 11.2 Å². The summed E-state index contributed by atoms with van der Waals surface area (Å²) in [6, 6.07) is 6.39. The van der Waals surface area contributed by atoms with Crippen molar-refractivity contribution in [3.8, 4) is 5.75 Å². The average molecular weight is 327 g/mol. The molecule has 2 aliphatic rings. The molecule has 5 heteroatoms. The lowest BCUT2D eigenvalue weighted by Crippen LogP contribution is -2.45. The van der Waals surface area contributed by atoms with Crippen LogP contribution in [0.15, 0.2) is 24.4 Å². The first-order valence-corrected chi connectivity index (χ1v) is 8.89. The highest BCUT2D eigenvalue weighted by atomic mass is 16.5. The number of amides is 1. The lowest BCUT2D eigenvalue weighted by Gasteiger charge is -2.27. The van der Waals surface area contributed by atoms with Crippen LogP contribution in [0, 0.1) is 5.41 Å². The number of carbonyl (C=O) groups excluding carboxylic acids is 1. The van der Waals surface area contributed by atoms with Crippen LogP contribution in [0.2, 0.25) is 0 Å². The molecule has 1 aliphatic carbocycles. The van der Waals surface area contributed by atoms with Crippen LogP contribution >= 0.6 is 0 Å². The largest absolute Gasteiger partial charge is 0.496 e. The van der Waals surface area contributed by atoms with Crippen LogP contribution in [0.4, 0.5) is 0 Å². The van der Waals surface area contributed by atoms with Crippen LogP contribution in [0.25, 0.3) is 10.9 Å². The molecule has 1 amide bonds. The number of H-pyrrole nitrogens is 1. The molecule has 128 valence electrons. The zero-order valence-electron chi connectivity index (χ0n) is 14.2. The number of hydrogen-bond acceptors (Lipinski definition) is 3. The molecule has 24 heavy (non-hydrogen) atoms. The third-order valence-corrected chi connectivity index (χ3v) is 5.85. The first-order chi connectivity index (χ1) is 11.7. The summed E-state index contributed by atoms with van der Waals surface area (Å²) < 4.78 is 5.48. The highest BCUT2D eigenvalue weighted by Crippen LogP contribution is 2.44. The van der Waals surface area contributed by atoms with E-state index in [1.165, 1.54) is 5.56 Å². The molecule has 0 unspecified atom stereocenters. The molecule has 1 saturated heterocycles. The molecule has 0 radical (unpaired) electrons. The average Bonchev–Trinajstić information content (AvgIpc) is 3.28. The summed E-state index contributed by atoms with van der Waals surface area (Å²) >= 11 is 0.